The molecule has 28 heavy (non-hydrogen) atoms. The van der Waals surface area contributed by atoms with E-state index in [0.29, 0.717) is 33.2 Å². The van der Waals surface area contributed by atoms with Crippen LogP contribution < -0.4 is 9.46 Å². The predicted molar refractivity (Wildman–Crippen MR) is 108 cm³/mol. The molecule has 4 aromatic rings. The van der Waals surface area contributed by atoms with Crippen LogP contribution in [0.2, 0.25) is 5.02 Å². The first-order valence-electron chi connectivity index (χ1n) is 8.22. The van der Waals surface area contributed by atoms with Crippen LogP contribution in [0.5, 0.6) is 5.75 Å². The van der Waals surface area contributed by atoms with Gasteiger partial charge in [-0.2, -0.15) is 5.10 Å². The summed E-state index contributed by atoms with van der Waals surface area (Å²) in [5.74, 6) is 0.534. The van der Waals surface area contributed by atoms with Crippen LogP contribution in [-0.2, 0) is 10.0 Å². The number of pyridine rings is 1. The third-order valence-corrected chi connectivity index (χ3v) is 5.77. The second kappa shape index (κ2) is 7.14. The molecule has 0 unspecified atom stereocenters. The molecule has 2 aromatic carbocycles. The van der Waals surface area contributed by atoms with Crippen LogP contribution in [0.15, 0.2) is 65.8 Å². The van der Waals surface area contributed by atoms with Crippen molar-refractivity contribution in [2.45, 2.75) is 4.90 Å². The first kappa shape index (κ1) is 18.3. The zero-order valence-corrected chi connectivity index (χ0v) is 16.3. The number of ether oxygens (including phenoxy) is 1. The third kappa shape index (κ3) is 3.51. The number of benzene rings is 2. The highest BCUT2D eigenvalue weighted by molar-refractivity contribution is 7.92. The number of fused-ring (bicyclic) bond motifs is 1. The Balaban J connectivity index is 1.77. The van der Waals surface area contributed by atoms with Crippen molar-refractivity contribution in [3.8, 4) is 16.9 Å². The zero-order chi connectivity index (χ0) is 19.7. The van der Waals surface area contributed by atoms with Crippen molar-refractivity contribution in [3.05, 3.63) is 65.9 Å². The zero-order valence-electron chi connectivity index (χ0n) is 14.7. The lowest BCUT2D eigenvalue weighted by Gasteiger charge is -2.13. The standard InChI is InChI=1S/C19H15ClN4O3S/c1-27-18-6-5-16(28(25,26)24-15-4-2-3-14(20)8-15)9-17(18)12-7-13-11-22-23-19(13)21-10-12/h2-11,24H,1H3,(H,21,22,23). The van der Waals surface area contributed by atoms with E-state index in [9.17, 15) is 8.42 Å². The Morgan fingerprint density at radius 3 is 2.75 bits per heavy atom. The van der Waals surface area contributed by atoms with Crippen LogP contribution in [0, 0.1) is 0 Å². The van der Waals surface area contributed by atoms with Gasteiger partial charge in [-0.1, -0.05) is 17.7 Å². The van der Waals surface area contributed by atoms with E-state index in [-0.39, 0.29) is 4.90 Å². The Labute approximate surface area is 166 Å². The molecule has 7 nitrogen and oxygen atoms in total. The van der Waals surface area contributed by atoms with Gasteiger partial charge in [-0.05, 0) is 42.5 Å². The first-order valence-corrected chi connectivity index (χ1v) is 10.1. The van der Waals surface area contributed by atoms with Gasteiger partial charge in [-0.15, -0.1) is 0 Å². The number of halogens is 1. The number of hydrogen-bond donors (Lipinski definition) is 2. The average molecular weight is 415 g/mol. The molecule has 9 heteroatoms. The van der Waals surface area contributed by atoms with E-state index >= 15 is 0 Å². The molecular formula is C19H15ClN4O3S. The topological polar surface area (TPSA) is 97.0 Å². The van der Waals surface area contributed by atoms with Gasteiger partial charge in [0.2, 0.25) is 0 Å². The summed E-state index contributed by atoms with van der Waals surface area (Å²) < 4.78 is 33.6. The molecule has 0 aliphatic rings. The lowest BCUT2D eigenvalue weighted by Crippen LogP contribution is -2.13. The van der Waals surface area contributed by atoms with Crippen LogP contribution in [0.3, 0.4) is 0 Å². The Morgan fingerprint density at radius 2 is 1.96 bits per heavy atom. The van der Waals surface area contributed by atoms with Crippen molar-refractivity contribution < 1.29 is 13.2 Å². The smallest absolute Gasteiger partial charge is 0.261 e. The Hall–Kier alpha value is -3.10. The summed E-state index contributed by atoms with van der Waals surface area (Å²) >= 11 is 5.94. The highest BCUT2D eigenvalue weighted by Gasteiger charge is 2.18. The van der Waals surface area contributed by atoms with Crippen molar-refractivity contribution in [2.24, 2.45) is 0 Å². The van der Waals surface area contributed by atoms with Crippen LogP contribution in [-0.4, -0.2) is 30.7 Å². The van der Waals surface area contributed by atoms with Crippen LogP contribution in [0.1, 0.15) is 0 Å². The summed E-state index contributed by atoms with van der Waals surface area (Å²) in [6.07, 6.45) is 3.29. The van der Waals surface area contributed by atoms with E-state index < -0.39 is 10.0 Å². The van der Waals surface area contributed by atoms with Gasteiger partial charge in [-0.3, -0.25) is 9.82 Å². The average Bonchev–Trinajstić information content (AvgIpc) is 3.15. The normalized spacial score (nSPS) is 11.5. The fourth-order valence-corrected chi connectivity index (χ4v) is 4.10. The Kier molecular flexibility index (Phi) is 4.66. The van der Waals surface area contributed by atoms with Gasteiger partial charge in [0.1, 0.15) is 5.75 Å². The van der Waals surface area contributed by atoms with E-state index in [2.05, 4.69) is 19.9 Å². The van der Waals surface area contributed by atoms with E-state index in [1.807, 2.05) is 6.07 Å². The minimum absolute atomic E-state index is 0.0931. The molecule has 2 N–H and O–H groups in total. The third-order valence-electron chi connectivity index (χ3n) is 4.16. The molecule has 2 aromatic heterocycles. The SMILES string of the molecule is COc1ccc(S(=O)(=O)Nc2cccc(Cl)c2)cc1-c1cnc2[nH]ncc2c1. The number of methoxy groups -OCH3 is 1. The number of aromatic nitrogens is 3. The van der Waals surface area contributed by atoms with E-state index in [4.69, 9.17) is 16.3 Å². The molecule has 0 aliphatic carbocycles. The first-order chi connectivity index (χ1) is 13.5. The molecule has 4 rings (SSSR count). The van der Waals surface area contributed by atoms with Crippen molar-refractivity contribution >= 4 is 38.3 Å². The summed E-state index contributed by atoms with van der Waals surface area (Å²) in [6, 6.07) is 13.0. The fraction of sp³-hybridized carbons (Fsp3) is 0.0526. The van der Waals surface area contributed by atoms with Crippen LogP contribution in [0.25, 0.3) is 22.2 Å². The number of anilines is 1. The summed E-state index contributed by atoms with van der Waals surface area (Å²) in [6.45, 7) is 0. The number of aromatic amines is 1. The number of nitrogens with zero attached hydrogens (tertiary/aromatic N) is 2. The second-order valence-electron chi connectivity index (χ2n) is 6.01. The second-order valence-corrected chi connectivity index (χ2v) is 8.13. The van der Waals surface area contributed by atoms with Crippen LogP contribution >= 0.6 is 11.6 Å². The maximum absolute atomic E-state index is 12.8. The van der Waals surface area contributed by atoms with Gasteiger partial charge in [0.25, 0.3) is 10.0 Å². The van der Waals surface area contributed by atoms with Gasteiger partial charge < -0.3 is 4.74 Å². The molecule has 142 valence electrons. The number of hydrogen-bond acceptors (Lipinski definition) is 5. The van der Waals surface area contributed by atoms with Crippen LogP contribution in [0.4, 0.5) is 5.69 Å². The molecule has 0 aliphatic heterocycles. The van der Waals surface area contributed by atoms with Gasteiger partial charge in [0.15, 0.2) is 5.65 Å². The van der Waals surface area contributed by atoms with Crippen molar-refractivity contribution in [1.82, 2.24) is 15.2 Å². The van der Waals surface area contributed by atoms with E-state index in [1.54, 1.807) is 48.8 Å². The molecule has 2 heterocycles. The minimum Gasteiger partial charge on any atom is -0.496 e. The molecule has 0 saturated carbocycles. The van der Waals surface area contributed by atoms with E-state index in [1.165, 1.54) is 13.2 Å². The maximum Gasteiger partial charge on any atom is 0.261 e. The molecule has 0 radical (unpaired) electrons. The van der Waals surface area contributed by atoms with Crippen molar-refractivity contribution in [2.75, 3.05) is 11.8 Å². The molecule has 0 spiro atoms. The Morgan fingerprint density at radius 1 is 1.11 bits per heavy atom. The quantitative estimate of drug-likeness (QED) is 0.512. The van der Waals surface area contributed by atoms with Gasteiger partial charge >= 0.3 is 0 Å². The lowest BCUT2D eigenvalue weighted by atomic mass is 10.1. The molecule has 0 fully saturated rings. The van der Waals surface area contributed by atoms with Gasteiger partial charge in [-0.25, -0.2) is 13.4 Å². The van der Waals surface area contributed by atoms with Crippen molar-refractivity contribution in [3.63, 3.8) is 0 Å². The fourth-order valence-electron chi connectivity index (χ4n) is 2.83. The summed E-state index contributed by atoms with van der Waals surface area (Å²) in [5, 5.41) is 7.99. The Bertz CT molecular complexity index is 1270. The lowest BCUT2D eigenvalue weighted by molar-refractivity contribution is 0.416. The van der Waals surface area contributed by atoms with Gasteiger partial charge in [0.05, 0.1) is 23.9 Å². The predicted octanol–water partition coefficient (Wildman–Crippen LogP) is 4.09. The molecule has 0 atom stereocenters. The summed E-state index contributed by atoms with van der Waals surface area (Å²) in [4.78, 5) is 4.40. The highest BCUT2D eigenvalue weighted by Crippen LogP contribution is 2.33. The summed E-state index contributed by atoms with van der Waals surface area (Å²) in [7, 11) is -2.29. The number of H-pyrrole nitrogens is 1. The van der Waals surface area contributed by atoms with E-state index in [0.717, 1.165) is 5.39 Å². The molecule has 0 bridgehead atoms. The number of nitrogens with one attached hydrogen (secondary N) is 2. The highest BCUT2D eigenvalue weighted by atomic mass is 35.5. The van der Waals surface area contributed by atoms with Crippen molar-refractivity contribution in [1.29, 1.82) is 0 Å². The maximum atomic E-state index is 12.8. The molecule has 0 saturated heterocycles. The largest absolute Gasteiger partial charge is 0.496 e. The minimum atomic E-state index is -3.82. The molecular weight excluding hydrogens is 400 g/mol. The monoisotopic (exact) mass is 414 g/mol. The van der Waals surface area contributed by atoms with Gasteiger partial charge in [0, 0.05) is 27.7 Å². The molecule has 0 amide bonds. The number of sulfonamides is 1. The number of rotatable bonds is 5. The summed E-state index contributed by atoms with van der Waals surface area (Å²) in [5.41, 5.74) is 2.35.